The van der Waals surface area contributed by atoms with Gasteiger partial charge in [-0.3, -0.25) is 19.2 Å². The maximum Gasteiger partial charge on any atom is 0.310 e. The van der Waals surface area contributed by atoms with Crippen molar-refractivity contribution < 1.29 is 42.9 Å². The molecule has 3 rings (SSSR count). The van der Waals surface area contributed by atoms with Crippen LogP contribution in [0.25, 0.3) is 0 Å². The molecule has 0 saturated carbocycles. The van der Waals surface area contributed by atoms with Gasteiger partial charge in [0.15, 0.2) is 0 Å². The molecule has 0 spiro atoms. The van der Waals surface area contributed by atoms with Crippen LogP contribution in [-0.2, 0) is 42.9 Å². The summed E-state index contributed by atoms with van der Waals surface area (Å²) in [6, 6.07) is 0. The number of rotatable bonds is 0. The topological polar surface area (TPSA) is 114 Å². The van der Waals surface area contributed by atoms with Crippen molar-refractivity contribution in [1.82, 2.24) is 0 Å². The van der Waals surface area contributed by atoms with Gasteiger partial charge in [0.2, 0.25) is 0 Å². The summed E-state index contributed by atoms with van der Waals surface area (Å²) in [5, 5.41) is 0. The van der Waals surface area contributed by atoms with E-state index in [1.165, 1.54) is 0 Å². The van der Waals surface area contributed by atoms with E-state index < -0.39 is 47.5 Å². The number of hydrogen-bond donors (Lipinski definition) is 0. The molecule has 9 nitrogen and oxygen atoms in total. The Labute approximate surface area is 192 Å². The van der Waals surface area contributed by atoms with E-state index in [4.69, 9.17) is 23.7 Å². The van der Waals surface area contributed by atoms with Gasteiger partial charge < -0.3 is 23.7 Å². The zero-order chi connectivity index (χ0) is 23.5. The number of fused-ring (bicyclic) bond motifs is 2. The summed E-state index contributed by atoms with van der Waals surface area (Å²) in [7, 11) is 0. The number of esters is 4. The van der Waals surface area contributed by atoms with E-state index in [0.29, 0.717) is 25.7 Å². The van der Waals surface area contributed by atoms with E-state index in [0.717, 1.165) is 0 Å². The van der Waals surface area contributed by atoms with Gasteiger partial charge in [0.25, 0.3) is 0 Å². The van der Waals surface area contributed by atoms with Crippen LogP contribution in [0.5, 0.6) is 0 Å². The molecule has 0 unspecified atom stereocenters. The number of allylic oxidation sites excluding steroid dienone is 4. The average molecular weight is 462 g/mol. The van der Waals surface area contributed by atoms with Crippen molar-refractivity contribution in [2.24, 2.45) is 23.7 Å². The number of ether oxygens (including phenoxy) is 5. The van der Waals surface area contributed by atoms with E-state index in [9.17, 15) is 19.2 Å². The van der Waals surface area contributed by atoms with Gasteiger partial charge in [-0.2, -0.15) is 0 Å². The molecular formula is C24H30O9. The summed E-state index contributed by atoms with van der Waals surface area (Å²) < 4.78 is 26.5. The Bertz CT molecular complexity index is 734. The Morgan fingerprint density at radius 3 is 1.15 bits per heavy atom. The second-order valence-electron chi connectivity index (χ2n) is 7.99. The molecule has 0 aromatic rings. The third-order valence-corrected chi connectivity index (χ3v) is 5.83. The van der Waals surface area contributed by atoms with Gasteiger partial charge in [0.1, 0.15) is 26.4 Å². The first-order valence-corrected chi connectivity index (χ1v) is 11.3. The van der Waals surface area contributed by atoms with E-state index in [-0.39, 0.29) is 39.6 Å². The van der Waals surface area contributed by atoms with Gasteiger partial charge in [-0.25, -0.2) is 0 Å². The molecule has 3 aliphatic rings. The Balaban J connectivity index is 1.62. The molecule has 1 aliphatic heterocycles. The molecule has 0 N–H and O–H groups in total. The standard InChI is InChI=1S/C24H30O9/c25-21-17-7-1-3-9-19(17)23(27)32-15-13-29-14-16-33-24(28)20-10-4-2-8-18(20)22(26)31-12-6-5-11-30-21/h1-6,17-20H,7-16H2/b6-5+/t17-,18-,19+,20+/m0/s1. The normalized spacial score (nSPS) is 31.5. The summed E-state index contributed by atoms with van der Waals surface area (Å²) in [6.07, 6.45) is 12.2. The molecular weight excluding hydrogens is 432 g/mol. The van der Waals surface area contributed by atoms with Crippen LogP contribution in [0.15, 0.2) is 36.5 Å². The summed E-state index contributed by atoms with van der Waals surface area (Å²) in [5.74, 6) is -4.34. The zero-order valence-electron chi connectivity index (χ0n) is 18.5. The third-order valence-electron chi connectivity index (χ3n) is 5.83. The molecule has 0 fully saturated rings. The SMILES string of the molecule is O=C1OC/C=C/COC(=O)[C@H]2CC=CC[C@H]2C(=O)OCCOCCOC(=O)[C@@H]2CC=CC[C@H]12. The number of hydrogen-bond acceptors (Lipinski definition) is 9. The van der Waals surface area contributed by atoms with Gasteiger partial charge in [-0.05, 0) is 37.8 Å². The highest BCUT2D eigenvalue weighted by molar-refractivity contribution is 5.83. The van der Waals surface area contributed by atoms with Crippen molar-refractivity contribution in [3.63, 3.8) is 0 Å². The van der Waals surface area contributed by atoms with Gasteiger partial charge >= 0.3 is 23.9 Å². The molecule has 0 radical (unpaired) electrons. The van der Waals surface area contributed by atoms with Gasteiger partial charge in [-0.15, -0.1) is 0 Å². The highest BCUT2D eigenvalue weighted by Crippen LogP contribution is 2.29. The van der Waals surface area contributed by atoms with Crippen molar-refractivity contribution in [3.05, 3.63) is 36.5 Å². The van der Waals surface area contributed by atoms with Crippen molar-refractivity contribution in [2.45, 2.75) is 25.7 Å². The predicted octanol–water partition coefficient (Wildman–Crippen LogP) is 1.91. The summed E-state index contributed by atoms with van der Waals surface area (Å²) in [6.45, 7) is 0.304. The molecule has 33 heavy (non-hydrogen) atoms. The van der Waals surface area contributed by atoms with Gasteiger partial charge in [-0.1, -0.05) is 24.3 Å². The van der Waals surface area contributed by atoms with Crippen LogP contribution in [-0.4, -0.2) is 63.5 Å². The molecule has 2 aliphatic carbocycles. The van der Waals surface area contributed by atoms with Crippen LogP contribution in [0.4, 0.5) is 0 Å². The van der Waals surface area contributed by atoms with E-state index >= 15 is 0 Å². The summed E-state index contributed by atoms with van der Waals surface area (Å²) >= 11 is 0. The van der Waals surface area contributed by atoms with Crippen LogP contribution in [0.2, 0.25) is 0 Å². The van der Waals surface area contributed by atoms with E-state index in [1.807, 2.05) is 24.3 Å². The Hall–Kier alpha value is -2.94. The quantitative estimate of drug-likeness (QED) is 0.302. The number of cyclic esters (lactones) is 4. The molecule has 0 aromatic heterocycles. The minimum absolute atomic E-state index is 0.00662. The molecule has 1 heterocycles. The minimum atomic E-state index is -0.612. The molecule has 0 aromatic carbocycles. The van der Waals surface area contributed by atoms with E-state index in [1.54, 1.807) is 12.2 Å². The summed E-state index contributed by atoms with van der Waals surface area (Å²) in [5.41, 5.74) is 0. The fourth-order valence-corrected chi connectivity index (χ4v) is 4.00. The number of carbonyl (C=O) groups is 4. The zero-order valence-corrected chi connectivity index (χ0v) is 18.5. The lowest BCUT2D eigenvalue weighted by atomic mass is 9.83. The van der Waals surface area contributed by atoms with Gasteiger partial charge in [0, 0.05) is 0 Å². The Morgan fingerprint density at radius 2 is 0.788 bits per heavy atom. The average Bonchev–Trinajstić information content (AvgIpc) is 2.84. The monoisotopic (exact) mass is 462 g/mol. The van der Waals surface area contributed by atoms with Crippen molar-refractivity contribution >= 4 is 23.9 Å². The predicted molar refractivity (Wildman–Crippen MR) is 115 cm³/mol. The third kappa shape index (κ3) is 7.28. The van der Waals surface area contributed by atoms with Crippen molar-refractivity contribution in [3.8, 4) is 0 Å². The second kappa shape index (κ2) is 12.9. The molecule has 0 saturated heterocycles. The van der Waals surface area contributed by atoms with Crippen molar-refractivity contribution in [2.75, 3.05) is 39.6 Å². The second-order valence-corrected chi connectivity index (χ2v) is 7.99. The minimum Gasteiger partial charge on any atom is -0.463 e. The first-order valence-electron chi connectivity index (χ1n) is 11.3. The van der Waals surface area contributed by atoms with Crippen LogP contribution in [0, 0.1) is 23.7 Å². The van der Waals surface area contributed by atoms with Crippen LogP contribution < -0.4 is 0 Å². The lowest BCUT2D eigenvalue weighted by Gasteiger charge is -2.25. The first kappa shape index (κ1) is 24.7. The van der Waals surface area contributed by atoms with Crippen LogP contribution in [0.1, 0.15) is 25.7 Å². The van der Waals surface area contributed by atoms with Crippen molar-refractivity contribution in [1.29, 1.82) is 0 Å². The molecule has 4 atom stereocenters. The highest BCUT2D eigenvalue weighted by atomic mass is 16.6. The molecule has 0 bridgehead atoms. The Kier molecular flexibility index (Phi) is 9.68. The Morgan fingerprint density at radius 1 is 0.455 bits per heavy atom. The smallest absolute Gasteiger partial charge is 0.310 e. The number of carbonyl (C=O) groups excluding carboxylic acids is 4. The largest absolute Gasteiger partial charge is 0.463 e. The molecule has 0 amide bonds. The lowest BCUT2D eigenvalue weighted by Crippen LogP contribution is -2.34. The highest BCUT2D eigenvalue weighted by Gasteiger charge is 2.37. The van der Waals surface area contributed by atoms with Crippen LogP contribution >= 0.6 is 0 Å². The maximum absolute atomic E-state index is 12.5. The first-order chi connectivity index (χ1) is 16.1. The lowest BCUT2D eigenvalue weighted by molar-refractivity contribution is -0.162. The van der Waals surface area contributed by atoms with Gasteiger partial charge in [0.05, 0.1) is 36.9 Å². The fraction of sp³-hybridized carbons (Fsp3) is 0.583. The fourth-order valence-electron chi connectivity index (χ4n) is 4.00. The maximum atomic E-state index is 12.5. The molecule has 9 heteroatoms. The summed E-state index contributed by atoms with van der Waals surface area (Å²) in [4.78, 5) is 49.9. The van der Waals surface area contributed by atoms with Crippen LogP contribution in [0.3, 0.4) is 0 Å². The van der Waals surface area contributed by atoms with E-state index in [2.05, 4.69) is 0 Å². The molecule has 180 valence electrons.